The van der Waals surface area contributed by atoms with Gasteiger partial charge >= 0.3 is 5.97 Å². The van der Waals surface area contributed by atoms with E-state index < -0.39 is 11.6 Å². The van der Waals surface area contributed by atoms with Gasteiger partial charge in [0.1, 0.15) is 0 Å². The second kappa shape index (κ2) is 8.02. The molecule has 1 unspecified atom stereocenters. The molecule has 0 radical (unpaired) electrons. The molecule has 20 heavy (non-hydrogen) atoms. The van der Waals surface area contributed by atoms with Crippen molar-refractivity contribution in [2.24, 2.45) is 5.92 Å². The molecule has 1 aliphatic carbocycles. The Kier molecular flexibility index (Phi) is 6.34. The lowest BCUT2D eigenvalue weighted by molar-refractivity contribution is -0.143. The van der Waals surface area contributed by atoms with Crippen LogP contribution in [0.15, 0.2) is 0 Å². The van der Waals surface area contributed by atoms with Crippen LogP contribution < -0.4 is 0 Å². The number of carboxylic acid groups (broad SMARTS) is 1. The summed E-state index contributed by atoms with van der Waals surface area (Å²) in [6.07, 6.45) is 16.8. The van der Waals surface area contributed by atoms with Gasteiger partial charge < -0.3 is 9.84 Å². The molecule has 0 aromatic rings. The number of carbonyl (C=O) groups is 1. The van der Waals surface area contributed by atoms with Crippen LogP contribution in [-0.2, 0) is 9.53 Å². The molecule has 1 saturated carbocycles. The Balaban J connectivity index is 1.67. The fourth-order valence-electron chi connectivity index (χ4n) is 3.50. The Morgan fingerprint density at radius 2 is 1.50 bits per heavy atom. The molecule has 0 aromatic heterocycles. The van der Waals surface area contributed by atoms with Crippen LogP contribution in [0.3, 0.4) is 0 Å². The van der Waals surface area contributed by atoms with Gasteiger partial charge in [-0.05, 0) is 18.8 Å². The maximum atomic E-state index is 11.1. The van der Waals surface area contributed by atoms with Crippen LogP contribution in [0.1, 0.15) is 83.5 Å². The maximum Gasteiger partial charge on any atom is 0.338 e. The van der Waals surface area contributed by atoms with Gasteiger partial charge in [0.2, 0.25) is 0 Å². The van der Waals surface area contributed by atoms with Crippen LogP contribution in [0.25, 0.3) is 0 Å². The van der Waals surface area contributed by atoms with Gasteiger partial charge in [0.25, 0.3) is 0 Å². The minimum Gasteiger partial charge on any atom is -0.479 e. The van der Waals surface area contributed by atoms with Crippen molar-refractivity contribution in [3.63, 3.8) is 0 Å². The van der Waals surface area contributed by atoms with Crippen molar-refractivity contribution >= 4 is 5.97 Å². The van der Waals surface area contributed by atoms with Gasteiger partial charge in [0, 0.05) is 0 Å². The van der Waals surface area contributed by atoms with E-state index in [9.17, 15) is 4.79 Å². The largest absolute Gasteiger partial charge is 0.479 e. The first-order valence-corrected chi connectivity index (χ1v) is 8.60. The third-order valence-corrected chi connectivity index (χ3v) is 5.05. The van der Waals surface area contributed by atoms with E-state index in [1.807, 2.05) is 0 Å². The van der Waals surface area contributed by atoms with Crippen LogP contribution in [0.4, 0.5) is 0 Å². The molecular weight excluding hydrogens is 252 g/mol. The van der Waals surface area contributed by atoms with E-state index in [-0.39, 0.29) is 0 Å². The Labute approximate surface area is 123 Å². The Morgan fingerprint density at radius 3 is 1.95 bits per heavy atom. The summed E-state index contributed by atoms with van der Waals surface area (Å²) < 4.78 is 5.15. The second-order valence-corrected chi connectivity index (χ2v) is 6.75. The first-order valence-electron chi connectivity index (χ1n) is 8.60. The van der Waals surface area contributed by atoms with Crippen LogP contribution >= 0.6 is 0 Å². The molecule has 0 amide bonds. The molecule has 2 rings (SSSR count). The average Bonchev–Trinajstić information content (AvgIpc) is 3.20. The molecular formula is C17H30O3. The minimum absolute atomic E-state index is 0.424. The van der Waals surface area contributed by atoms with Gasteiger partial charge in [-0.3, -0.25) is 0 Å². The van der Waals surface area contributed by atoms with Crippen molar-refractivity contribution in [3.8, 4) is 0 Å². The van der Waals surface area contributed by atoms with E-state index in [0.717, 1.165) is 12.3 Å². The molecule has 0 spiro atoms. The molecule has 2 aliphatic rings. The first kappa shape index (κ1) is 15.8. The molecule has 0 aromatic carbocycles. The van der Waals surface area contributed by atoms with Crippen LogP contribution in [0.2, 0.25) is 0 Å². The Hall–Kier alpha value is -0.570. The van der Waals surface area contributed by atoms with E-state index in [4.69, 9.17) is 9.84 Å². The SMILES string of the molecule is O=C(O)C1(CCCC2CCCCCCCCCC2)CO1. The highest BCUT2D eigenvalue weighted by Crippen LogP contribution is 2.34. The van der Waals surface area contributed by atoms with Crippen LogP contribution in [-0.4, -0.2) is 23.3 Å². The number of rotatable bonds is 5. The summed E-state index contributed by atoms with van der Waals surface area (Å²) in [6, 6.07) is 0. The Bertz CT molecular complexity index is 285. The molecule has 0 bridgehead atoms. The first-order chi connectivity index (χ1) is 9.73. The number of aliphatic carboxylic acids is 1. The fourth-order valence-corrected chi connectivity index (χ4v) is 3.50. The summed E-state index contributed by atoms with van der Waals surface area (Å²) in [4.78, 5) is 11.1. The zero-order chi connectivity index (χ0) is 14.3. The van der Waals surface area contributed by atoms with Gasteiger partial charge in [-0.25, -0.2) is 4.79 Å². The van der Waals surface area contributed by atoms with Crippen molar-refractivity contribution < 1.29 is 14.6 Å². The van der Waals surface area contributed by atoms with Crippen LogP contribution in [0, 0.1) is 5.92 Å². The highest BCUT2D eigenvalue weighted by Gasteiger charge is 2.51. The van der Waals surface area contributed by atoms with Crippen molar-refractivity contribution in [2.45, 2.75) is 89.1 Å². The van der Waals surface area contributed by atoms with E-state index in [2.05, 4.69) is 0 Å². The lowest BCUT2D eigenvalue weighted by atomic mass is 9.89. The molecule has 116 valence electrons. The highest BCUT2D eigenvalue weighted by molar-refractivity contribution is 5.80. The van der Waals surface area contributed by atoms with Gasteiger partial charge in [0.15, 0.2) is 5.60 Å². The summed E-state index contributed by atoms with van der Waals surface area (Å²) in [5.41, 5.74) is -0.798. The van der Waals surface area contributed by atoms with Crippen molar-refractivity contribution in [1.82, 2.24) is 0 Å². The molecule has 3 heteroatoms. The minimum atomic E-state index is -0.798. The van der Waals surface area contributed by atoms with Gasteiger partial charge in [-0.15, -0.1) is 0 Å². The molecule has 2 fully saturated rings. The normalized spacial score (nSPS) is 29.6. The summed E-state index contributed by atoms with van der Waals surface area (Å²) in [7, 11) is 0. The predicted octanol–water partition coefficient (Wildman–Crippen LogP) is 4.54. The fraction of sp³-hybridized carbons (Fsp3) is 0.941. The average molecular weight is 282 g/mol. The van der Waals surface area contributed by atoms with Gasteiger partial charge in [-0.1, -0.05) is 70.6 Å². The molecule has 1 saturated heterocycles. The Morgan fingerprint density at radius 1 is 1.00 bits per heavy atom. The summed E-state index contributed by atoms with van der Waals surface area (Å²) in [5.74, 6) is 0.0534. The zero-order valence-corrected chi connectivity index (χ0v) is 12.7. The molecule has 1 atom stereocenters. The van der Waals surface area contributed by atoms with Crippen molar-refractivity contribution in [2.75, 3.05) is 6.61 Å². The molecule has 3 nitrogen and oxygen atoms in total. The van der Waals surface area contributed by atoms with Gasteiger partial charge in [0.05, 0.1) is 6.61 Å². The summed E-state index contributed by atoms with van der Waals surface area (Å²) >= 11 is 0. The number of epoxide rings is 1. The molecule has 1 heterocycles. The van der Waals surface area contributed by atoms with E-state index >= 15 is 0 Å². The van der Waals surface area contributed by atoms with E-state index in [1.54, 1.807) is 0 Å². The maximum absolute atomic E-state index is 11.1. The topological polar surface area (TPSA) is 49.8 Å². The third kappa shape index (κ3) is 5.08. The predicted molar refractivity (Wildman–Crippen MR) is 79.8 cm³/mol. The quantitative estimate of drug-likeness (QED) is 0.753. The summed E-state index contributed by atoms with van der Waals surface area (Å²) in [5, 5.41) is 9.10. The van der Waals surface area contributed by atoms with Gasteiger partial charge in [-0.2, -0.15) is 0 Å². The number of hydrogen-bond acceptors (Lipinski definition) is 2. The van der Waals surface area contributed by atoms with Crippen LogP contribution in [0.5, 0.6) is 0 Å². The highest BCUT2D eigenvalue weighted by atomic mass is 16.6. The lowest BCUT2D eigenvalue weighted by Crippen LogP contribution is -2.24. The third-order valence-electron chi connectivity index (χ3n) is 5.05. The second-order valence-electron chi connectivity index (χ2n) is 6.75. The lowest BCUT2D eigenvalue weighted by Gasteiger charge is -2.17. The number of carboxylic acids is 1. The number of hydrogen-bond donors (Lipinski definition) is 1. The van der Waals surface area contributed by atoms with Crippen molar-refractivity contribution in [1.29, 1.82) is 0 Å². The monoisotopic (exact) mass is 282 g/mol. The summed E-state index contributed by atoms with van der Waals surface area (Å²) in [6.45, 7) is 0.424. The zero-order valence-electron chi connectivity index (χ0n) is 12.7. The standard InChI is InChI=1S/C17H30O3/c18-16(19)17(14-20-17)13-9-12-15-10-7-5-3-1-2-4-6-8-11-15/h15H,1-14H2,(H,18,19). The molecule has 1 aliphatic heterocycles. The van der Waals surface area contributed by atoms with E-state index in [1.165, 1.54) is 70.6 Å². The smallest absolute Gasteiger partial charge is 0.338 e. The number of ether oxygens (including phenoxy) is 1. The van der Waals surface area contributed by atoms with E-state index in [0.29, 0.717) is 13.0 Å². The van der Waals surface area contributed by atoms with Crippen molar-refractivity contribution in [3.05, 3.63) is 0 Å². The molecule has 1 N–H and O–H groups in total.